The highest BCUT2D eigenvalue weighted by Crippen LogP contribution is 2.29. The summed E-state index contributed by atoms with van der Waals surface area (Å²) in [5, 5.41) is 0. The minimum Gasteiger partial charge on any atom is -0.334 e. The number of benzene rings is 2. The Labute approximate surface area is 181 Å². The molecule has 4 rings (SSSR count). The molecule has 1 N–H and O–H groups in total. The Hall–Kier alpha value is -2.32. The van der Waals surface area contributed by atoms with Gasteiger partial charge in [-0.05, 0) is 74.2 Å². The zero-order valence-corrected chi connectivity index (χ0v) is 18.3. The number of nitrogens with zero attached hydrogens (tertiary/aromatic N) is 2. The van der Waals surface area contributed by atoms with Crippen molar-refractivity contribution in [3.05, 3.63) is 53.6 Å². The number of likely N-dealkylation sites (tertiary alicyclic amines) is 2. The molecule has 0 aromatic heterocycles. The minimum absolute atomic E-state index is 0.0148. The molecule has 2 heterocycles. The Morgan fingerprint density at radius 1 is 1.03 bits per heavy atom. The van der Waals surface area contributed by atoms with Crippen LogP contribution >= 0.6 is 0 Å². The van der Waals surface area contributed by atoms with Gasteiger partial charge in [0.1, 0.15) is 22.1 Å². The van der Waals surface area contributed by atoms with Gasteiger partial charge in [0.2, 0.25) is 0 Å². The third kappa shape index (κ3) is 4.65. The van der Waals surface area contributed by atoms with E-state index in [1.807, 2.05) is 0 Å². The van der Waals surface area contributed by atoms with Gasteiger partial charge in [0, 0.05) is 19.1 Å². The van der Waals surface area contributed by atoms with Gasteiger partial charge in [0.25, 0.3) is 15.7 Å². The van der Waals surface area contributed by atoms with Crippen LogP contribution in [0.3, 0.4) is 0 Å². The summed E-state index contributed by atoms with van der Waals surface area (Å²) in [4.78, 5) is 17.2. The molecule has 1 amide bonds. The zero-order chi connectivity index (χ0) is 22.2. The third-order valence-corrected chi connectivity index (χ3v) is 7.33. The molecule has 2 atom stereocenters. The number of hydrogen-bond acceptors (Lipinski definition) is 3. The van der Waals surface area contributed by atoms with E-state index in [1.54, 1.807) is 4.90 Å². The number of rotatable bonds is 5. The van der Waals surface area contributed by atoms with Crippen molar-refractivity contribution in [2.24, 2.45) is 0 Å². The van der Waals surface area contributed by atoms with E-state index in [1.165, 1.54) is 30.5 Å². The number of halogens is 2. The van der Waals surface area contributed by atoms with Crippen molar-refractivity contribution < 1.29 is 22.0 Å². The molecule has 0 aliphatic carbocycles. The van der Waals surface area contributed by atoms with Gasteiger partial charge in [-0.3, -0.25) is 4.79 Å². The second-order valence-electron chi connectivity index (χ2n) is 8.44. The number of carbonyl (C=O) groups excluding carboxylic acids is 1. The summed E-state index contributed by atoms with van der Waals surface area (Å²) in [5.41, 5.74) is 0.256. The largest absolute Gasteiger partial charge is 0.334 e. The Balaban J connectivity index is 1.57. The van der Waals surface area contributed by atoms with E-state index in [4.69, 9.17) is 0 Å². The van der Waals surface area contributed by atoms with Crippen LogP contribution in [0.2, 0.25) is 0 Å². The van der Waals surface area contributed by atoms with Crippen molar-refractivity contribution in [2.75, 3.05) is 32.4 Å². The lowest BCUT2D eigenvalue weighted by molar-refractivity contribution is 0.0699. The van der Waals surface area contributed by atoms with Crippen molar-refractivity contribution in [2.45, 2.75) is 36.6 Å². The van der Waals surface area contributed by atoms with Gasteiger partial charge in [-0.25, -0.2) is 13.0 Å². The molecule has 0 radical (unpaired) electrons. The van der Waals surface area contributed by atoms with E-state index in [0.29, 0.717) is 12.1 Å². The average molecular weight is 450 g/mol. The molecule has 166 valence electrons. The predicted octanol–water partition coefficient (Wildman–Crippen LogP) is 3.89. The van der Waals surface area contributed by atoms with Gasteiger partial charge in [-0.2, -0.15) is 4.21 Å². The van der Waals surface area contributed by atoms with Crippen LogP contribution < -0.4 is 0 Å². The first-order valence-corrected chi connectivity index (χ1v) is 12.5. The van der Waals surface area contributed by atoms with Gasteiger partial charge in [0.05, 0.1) is 6.26 Å². The second kappa shape index (κ2) is 8.67. The van der Waals surface area contributed by atoms with E-state index in [9.17, 15) is 22.0 Å². The fourth-order valence-corrected chi connectivity index (χ4v) is 5.18. The molecule has 2 aliphatic rings. The van der Waals surface area contributed by atoms with E-state index < -0.39 is 32.9 Å². The topological polar surface area (TPSA) is 62.0 Å². The molecule has 2 saturated heterocycles. The number of carbonyl (C=O) groups is 1. The quantitative estimate of drug-likeness (QED) is 0.651. The molecule has 2 aliphatic heterocycles. The van der Waals surface area contributed by atoms with Crippen molar-refractivity contribution in [1.29, 1.82) is 0 Å². The fraction of sp³-hybridized carbons (Fsp3) is 0.435. The molecule has 5 nitrogen and oxygen atoms in total. The summed E-state index contributed by atoms with van der Waals surface area (Å²) in [6, 6.07) is 8.28. The van der Waals surface area contributed by atoms with Crippen LogP contribution in [0.15, 0.2) is 41.3 Å². The van der Waals surface area contributed by atoms with Crippen LogP contribution in [0.4, 0.5) is 8.78 Å². The lowest BCUT2D eigenvalue weighted by Crippen LogP contribution is -2.43. The van der Waals surface area contributed by atoms with Gasteiger partial charge in [-0.1, -0.05) is 12.1 Å². The molecule has 8 heteroatoms. The summed E-state index contributed by atoms with van der Waals surface area (Å²) in [6.07, 6.45) is 5.20. The summed E-state index contributed by atoms with van der Waals surface area (Å²) in [6.45, 7) is 3.29. The lowest BCUT2D eigenvalue weighted by atomic mass is 10.0. The van der Waals surface area contributed by atoms with Crippen molar-refractivity contribution in [1.82, 2.24) is 9.80 Å². The van der Waals surface area contributed by atoms with Gasteiger partial charge >= 0.3 is 0 Å². The van der Waals surface area contributed by atoms with Crippen LogP contribution in [-0.2, 0) is 9.84 Å². The third-order valence-electron chi connectivity index (χ3n) is 6.19. The maximum atomic E-state index is 14.9. The smallest absolute Gasteiger partial charge is 0.299 e. The number of hydrogen-bond donors (Lipinski definition) is 0. The normalized spacial score (nSPS) is 21.4. The van der Waals surface area contributed by atoms with Gasteiger partial charge < -0.3 is 9.80 Å². The highest BCUT2D eigenvalue weighted by Gasteiger charge is 2.34. The Morgan fingerprint density at radius 3 is 2.23 bits per heavy atom. The summed E-state index contributed by atoms with van der Waals surface area (Å²) in [7, 11) is -3.11. The van der Waals surface area contributed by atoms with Crippen LogP contribution in [0, 0.1) is 11.6 Å². The first-order chi connectivity index (χ1) is 14.7. The SMILES string of the molecule is CS(=O)(=[OH+])c1ccc(-c2cc(F)c(C(=O)N3CCC[C@H]3CN3CCCC3)c(F)c2)cc1. The van der Waals surface area contributed by atoms with Crippen molar-refractivity contribution in [3.63, 3.8) is 0 Å². The molecule has 0 spiro atoms. The molecule has 2 aromatic rings. The monoisotopic (exact) mass is 449 g/mol. The summed E-state index contributed by atoms with van der Waals surface area (Å²) < 4.78 is 51.2. The maximum Gasteiger partial charge on any atom is 0.299 e. The molecule has 31 heavy (non-hydrogen) atoms. The molecule has 2 fully saturated rings. The average Bonchev–Trinajstić information content (AvgIpc) is 3.39. The molecular weight excluding hydrogens is 422 g/mol. The second-order valence-corrected chi connectivity index (χ2v) is 10.5. The molecule has 2 aromatic carbocycles. The minimum atomic E-state index is -3.11. The first-order valence-electron chi connectivity index (χ1n) is 10.6. The van der Waals surface area contributed by atoms with E-state index in [-0.39, 0.29) is 16.5 Å². The van der Waals surface area contributed by atoms with Crippen LogP contribution in [0.5, 0.6) is 0 Å². The fourth-order valence-electron chi connectivity index (χ4n) is 4.54. The lowest BCUT2D eigenvalue weighted by Gasteiger charge is -2.29. The maximum absolute atomic E-state index is 14.9. The molecular formula is C23H27F2N2O3S+. The molecule has 1 unspecified atom stereocenters. The summed E-state index contributed by atoms with van der Waals surface area (Å²) in [5.74, 6) is -2.38. The van der Waals surface area contributed by atoms with Crippen molar-refractivity contribution in [3.8, 4) is 11.1 Å². The van der Waals surface area contributed by atoms with E-state index >= 15 is 0 Å². The highest BCUT2D eigenvalue weighted by molar-refractivity contribution is 7.90. The Kier molecular flexibility index (Phi) is 6.12. The standard InChI is InChI=1S/C23H26F2N2O3S/c1-31(29,30)19-8-6-16(7-9-19)17-13-20(24)22(21(25)14-17)23(28)27-12-4-5-18(27)15-26-10-2-3-11-26/h6-9,13-14,18H,2-5,10-12,15H2,1H3/p+1/t18-/m0/s1. The van der Waals surface area contributed by atoms with E-state index in [0.717, 1.165) is 57.5 Å². The Bertz CT molecular complexity index is 1060. The first kappa shape index (κ1) is 21.9. The molecule has 0 saturated carbocycles. The van der Waals surface area contributed by atoms with Crippen LogP contribution in [0.25, 0.3) is 11.1 Å². The highest BCUT2D eigenvalue weighted by atomic mass is 32.2. The zero-order valence-electron chi connectivity index (χ0n) is 17.5. The van der Waals surface area contributed by atoms with Crippen molar-refractivity contribution >= 4 is 15.7 Å². The molecule has 0 bridgehead atoms. The van der Waals surface area contributed by atoms with E-state index in [2.05, 4.69) is 4.90 Å². The number of amides is 1. The van der Waals surface area contributed by atoms with Crippen LogP contribution in [0.1, 0.15) is 36.0 Å². The predicted molar refractivity (Wildman–Crippen MR) is 116 cm³/mol. The Morgan fingerprint density at radius 2 is 1.65 bits per heavy atom. The van der Waals surface area contributed by atoms with Gasteiger partial charge in [-0.15, -0.1) is 0 Å². The summed E-state index contributed by atoms with van der Waals surface area (Å²) >= 11 is 0. The van der Waals surface area contributed by atoms with Crippen LogP contribution in [-0.4, -0.2) is 62.6 Å². The van der Waals surface area contributed by atoms with Gasteiger partial charge in [0.15, 0.2) is 0 Å².